The first kappa shape index (κ1) is 14.8. The Kier molecular flexibility index (Phi) is 4.95. The Labute approximate surface area is 117 Å². The molecule has 3 N–H and O–H groups in total. The number of carbonyl (C=O) groups excluding carboxylic acids is 1. The fourth-order valence-corrected chi connectivity index (χ4v) is 2.84. The zero-order chi connectivity index (χ0) is 14.5. The van der Waals surface area contributed by atoms with Crippen LogP contribution in [0.25, 0.3) is 0 Å². The highest BCUT2D eigenvalue weighted by Crippen LogP contribution is 2.29. The van der Waals surface area contributed by atoms with E-state index in [4.69, 9.17) is 0 Å². The normalized spacial score (nSPS) is 22.5. The van der Waals surface area contributed by atoms with E-state index < -0.39 is 11.7 Å². The Hall–Kier alpha value is -1.62. The Bertz CT molecular complexity index is 458. The van der Waals surface area contributed by atoms with Gasteiger partial charge in [0, 0.05) is 13.2 Å². The van der Waals surface area contributed by atoms with Gasteiger partial charge in [0.25, 0.3) is 5.91 Å². The first-order chi connectivity index (χ1) is 9.63. The first-order valence-corrected chi connectivity index (χ1v) is 7.00. The first-order valence-electron chi connectivity index (χ1n) is 7.00. The summed E-state index contributed by atoms with van der Waals surface area (Å²) in [7, 11) is 0. The maximum absolute atomic E-state index is 13.5. The molecule has 5 heteroatoms. The number of rotatable bonds is 4. The van der Waals surface area contributed by atoms with Crippen LogP contribution in [0.15, 0.2) is 18.2 Å². The highest BCUT2D eigenvalue weighted by molar-refractivity contribution is 5.97. The lowest BCUT2D eigenvalue weighted by molar-refractivity contribution is 0.0902. The van der Waals surface area contributed by atoms with Crippen LogP contribution in [-0.4, -0.2) is 29.3 Å². The Morgan fingerprint density at radius 1 is 1.30 bits per heavy atom. The van der Waals surface area contributed by atoms with Crippen molar-refractivity contribution < 1.29 is 19.4 Å². The van der Waals surface area contributed by atoms with Gasteiger partial charge in [0.05, 0.1) is 0 Å². The summed E-state index contributed by atoms with van der Waals surface area (Å²) in [6, 6.07) is 3.78. The largest absolute Gasteiger partial charge is 0.507 e. The molecule has 0 spiro atoms. The van der Waals surface area contributed by atoms with Crippen LogP contribution in [0.1, 0.15) is 36.0 Å². The summed E-state index contributed by atoms with van der Waals surface area (Å²) in [5.41, 5.74) is -0.316. The second kappa shape index (κ2) is 6.70. The van der Waals surface area contributed by atoms with Crippen molar-refractivity contribution in [2.24, 2.45) is 11.8 Å². The second-order valence-electron chi connectivity index (χ2n) is 5.33. The third-order valence-electron chi connectivity index (χ3n) is 4.04. The molecule has 1 aromatic rings. The van der Waals surface area contributed by atoms with E-state index in [9.17, 15) is 19.4 Å². The Morgan fingerprint density at radius 2 is 2.00 bits per heavy atom. The number of aliphatic hydroxyl groups is 1. The van der Waals surface area contributed by atoms with Crippen molar-refractivity contribution in [2.75, 3.05) is 13.2 Å². The molecule has 2 unspecified atom stereocenters. The molecule has 2 rings (SSSR count). The Morgan fingerprint density at radius 3 is 2.65 bits per heavy atom. The smallest absolute Gasteiger partial charge is 0.258 e. The number of phenols is 1. The standard InChI is InChI=1S/C15H20FNO3/c16-12-6-3-7-13(19)14(12)15(20)17-8-10-4-1-2-5-11(10)9-18/h3,6-7,10-11,18-19H,1-2,4-5,8-9H2,(H,17,20). The number of aliphatic hydroxyl groups excluding tert-OH is 1. The lowest BCUT2D eigenvalue weighted by Gasteiger charge is -2.30. The molecule has 0 heterocycles. The van der Waals surface area contributed by atoms with E-state index in [1.54, 1.807) is 0 Å². The van der Waals surface area contributed by atoms with Crippen LogP contribution in [0.2, 0.25) is 0 Å². The van der Waals surface area contributed by atoms with Gasteiger partial charge < -0.3 is 15.5 Å². The third kappa shape index (κ3) is 3.28. The maximum atomic E-state index is 13.5. The van der Waals surface area contributed by atoms with Crippen molar-refractivity contribution in [3.8, 4) is 5.75 Å². The molecule has 1 amide bonds. The van der Waals surface area contributed by atoms with Gasteiger partial charge in [-0.15, -0.1) is 0 Å². The van der Waals surface area contributed by atoms with Gasteiger partial charge in [-0.1, -0.05) is 18.9 Å². The highest BCUT2D eigenvalue weighted by Gasteiger charge is 2.25. The number of hydrogen-bond acceptors (Lipinski definition) is 3. The quantitative estimate of drug-likeness (QED) is 0.791. The van der Waals surface area contributed by atoms with E-state index in [2.05, 4.69) is 5.32 Å². The zero-order valence-electron chi connectivity index (χ0n) is 11.3. The van der Waals surface area contributed by atoms with Crippen LogP contribution in [0, 0.1) is 17.7 Å². The van der Waals surface area contributed by atoms with Gasteiger partial charge in [0.2, 0.25) is 0 Å². The zero-order valence-corrected chi connectivity index (χ0v) is 11.3. The lowest BCUT2D eigenvalue weighted by Crippen LogP contribution is -2.35. The lowest BCUT2D eigenvalue weighted by atomic mass is 9.79. The molecule has 1 saturated carbocycles. The molecule has 1 aliphatic carbocycles. The van der Waals surface area contributed by atoms with Crippen LogP contribution in [-0.2, 0) is 0 Å². The summed E-state index contributed by atoms with van der Waals surface area (Å²) in [5.74, 6) is -1.29. The van der Waals surface area contributed by atoms with Gasteiger partial charge in [-0.2, -0.15) is 0 Å². The summed E-state index contributed by atoms with van der Waals surface area (Å²) in [5, 5.41) is 21.5. The average molecular weight is 281 g/mol. The van der Waals surface area contributed by atoms with Gasteiger partial charge in [-0.25, -0.2) is 4.39 Å². The van der Waals surface area contributed by atoms with Crippen molar-refractivity contribution in [3.63, 3.8) is 0 Å². The predicted molar refractivity (Wildman–Crippen MR) is 72.9 cm³/mol. The van der Waals surface area contributed by atoms with Crippen LogP contribution in [0.3, 0.4) is 0 Å². The minimum atomic E-state index is -0.732. The molecule has 0 bridgehead atoms. The molecule has 0 saturated heterocycles. The van der Waals surface area contributed by atoms with Gasteiger partial charge in [0.15, 0.2) is 0 Å². The molecular formula is C15H20FNO3. The van der Waals surface area contributed by atoms with Crippen molar-refractivity contribution >= 4 is 5.91 Å². The summed E-state index contributed by atoms with van der Waals surface area (Å²) in [4.78, 5) is 12.0. The van der Waals surface area contributed by atoms with Crippen LogP contribution >= 0.6 is 0 Å². The maximum Gasteiger partial charge on any atom is 0.258 e. The van der Waals surface area contributed by atoms with E-state index in [0.29, 0.717) is 6.54 Å². The number of phenolic OH excluding ortho intramolecular Hbond substituents is 1. The molecule has 0 radical (unpaired) electrons. The fraction of sp³-hybridized carbons (Fsp3) is 0.533. The molecule has 4 nitrogen and oxygen atoms in total. The van der Waals surface area contributed by atoms with Crippen molar-refractivity contribution in [1.82, 2.24) is 5.32 Å². The van der Waals surface area contributed by atoms with Gasteiger partial charge >= 0.3 is 0 Å². The van der Waals surface area contributed by atoms with Gasteiger partial charge in [0.1, 0.15) is 17.1 Å². The molecular weight excluding hydrogens is 261 g/mol. The van der Waals surface area contributed by atoms with Crippen LogP contribution in [0.4, 0.5) is 4.39 Å². The summed E-state index contributed by atoms with van der Waals surface area (Å²) in [6.45, 7) is 0.517. The number of aromatic hydroxyl groups is 1. The average Bonchev–Trinajstić information content (AvgIpc) is 2.45. The molecule has 1 fully saturated rings. The number of nitrogens with one attached hydrogen (secondary N) is 1. The fourth-order valence-electron chi connectivity index (χ4n) is 2.84. The van der Waals surface area contributed by atoms with Crippen LogP contribution < -0.4 is 5.32 Å². The van der Waals surface area contributed by atoms with E-state index in [0.717, 1.165) is 31.7 Å². The molecule has 20 heavy (non-hydrogen) atoms. The molecule has 1 aliphatic rings. The molecule has 1 aromatic carbocycles. The van der Waals surface area contributed by atoms with Crippen molar-refractivity contribution in [3.05, 3.63) is 29.6 Å². The van der Waals surface area contributed by atoms with Gasteiger partial charge in [-0.05, 0) is 36.8 Å². The molecule has 0 aromatic heterocycles. The number of amides is 1. The van der Waals surface area contributed by atoms with Crippen molar-refractivity contribution in [1.29, 1.82) is 0 Å². The number of benzene rings is 1. The van der Waals surface area contributed by atoms with E-state index in [1.807, 2.05) is 0 Å². The highest BCUT2D eigenvalue weighted by atomic mass is 19.1. The van der Waals surface area contributed by atoms with Crippen molar-refractivity contribution in [2.45, 2.75) is 25.7 Å². The molecule has 2 atom stereocenters. The summed E-state index contributed by atoms with van der Waals surface area (Å²) < 4.78 is 13.5. The SMILES string of the molecule is O=C(NCC1CCCCC1CO)c1c(O)cccc1F. The second-order valence-corrected chi connectivity index (χ2v) is 5.33. The summed E-state index contributed by atoms with van der Waals surface area (Å²) in [6.07, 6.45) is 4.10. The summed E-state index contributed by atoms with van der Waals surface area (Å²) >= 11 is 0. The number of carbonyl (C=O) groups is 1. The Balaban J connectivity index is 1.98. The molecule has 110 valence electrons. The third-order valence-corrected chi connectivity index (χ3v) is 4.04. The van der Waals surface area contributed by atoms with E-state index >= 15 is 0 Å². The predicted octanol–water partition coefficient (Wildman–Crippen LogP) is 2.06. The topological polar surface area (TPSA) is 69.6 Å². The monoisotopic (exact) mass is 281 g/mol. The van der Waals surface area contributed by atoms with Crippen LogP contribution in [0.5, 0.6) is 5.75 Å². The number of hydrogen-bond donors (Lipinski definition) is 3. The number of halogens is 1. The molecule has 0 aliphatic heterocycles. The van der Waals surface area contributed by atoms with Gasteiger partial charge in [-0.3, -0.25) is 4.79 Å². The minimum Gasteiger partial charge on any atom is -0.507 e. The minimum absolute atomic E-state index is 0.117. The van der Waals surface area contributed by atoms with E-state index in [-0.39, 0.29) is 29.8 Å². The van der Waals surface area contributed by atoms with E-state index in [1.165, 1.54) is 12.1 Å².